The Balaban J connectivity index is 0.000000544. The number of anilines is 2. The predicted molar refractivity (Wildman–Crippen MR) is 96.7 cm³/mol. The van der Waals surface area contributed by atoms with Gasteiger partial charge in [-0.2, -0.15) is 26.3 Å². The molecule has 0 saturated carbocycles. The van der Waals surface area contributed by atoms with E-state index in [1.165, 1.54) is 6.07 Å². The third-order valence-electron chi connectivity index (χ3n) is 3.33. The third kappa shape index (κ3) is 6.87. The molecule has 2 aromatic rings. The summed E-state index contributed by atoms with van der Waals surface area (Å²) in [6.45, 7) is 0. The fourth-order valence-electron chi connectivity index (χ4n) is 2.07. The first-order chi connectivity index (χ1) is 13.2. The summed E-state index contributed by atoms with van der Waals surface area (Å²) in [7, 11) is 1.01. The molecule has 0 aliphatic rings. The van der Waals surface area contributed by atoms with Crippen molar-refractivity contribution in [1.82, 2.24) is 0 Å². The van der Waals surface area contributed by atoms with E-state index in [0.29, 0.717) is 12.1 Å². The number of rotatable bonds is 2. The Hall–Kier alpha value is -3.44. The largest absolute Gasteiger partial charge is 0.478 e. The zero-order valence-electron chi connectivity index (χ0n) is 14.6. The van der Waals surface area contributed by atoms with Crippen molar-refractivity contribution in [3.05, 3.63) is 58.7 Å². The van der Waals surface area contributed by atoms with Gasteiger partial charge in [0, 0.05) is 11.4 Å². The molecule has 0 heterocycles. The van der Waals surface area contributed by atoms with Crippen molar-refractivity contribution in [1.29, 1.82) is 0 Å². The molecule has 30 heavy (non-hydrogen) atoms. The van der Waals surface area contributed by atoms with Gasteiger partial charge in [0.15, 0.2) is 0 Å². The van der Waals surface area contributed by atoms with Gasteiger partial charge in [-0.15, -0.1) is 0 Å². The van der Waals surface area contributed by atoms with Crippen LogP contribution in [0.4, 0.5) is 37.7 Å². The molecule has 2 aromatic carbocycles. The quantitative estimate of drug-likeness (QED) is 0.354. The average molecular weight is 440 g/mol. The van der Waals surface area contributed by atoms with Crippen LogP contribution in [-0.2, 0) is 17.1 Å². The average Bonchev–Trinajstić information content (AvgIpc) is 2.59. The van der Waals surface area contributed by atoms with Crippen LogP contribution in [0.5, 0.6) is 0 Å². The molecule has 5 N–H and O–H groups in total. The summed E-state index contributed by atoms with van der Waals surface area (Å²) in [6, 6.07) is 5.44. The van der Waals surface area contributed by atoms with Gasteiger partial charge in [0.25, 0.3) is 0 Å². The van der Waals surface area contributed by atoms with Crippen molar-refractivity contribution >= 4 is 23.3 Å². The zero-order chi connectivity index (χ0) is 22.6. The lowest BCUT2D eigenvalue weighted by Gasteiger charge is -2.11. The van der Waals surface area contributed by atoms with Crippen molar-refractivity contribution in [2.75, 3.05) is 18.6 Å². The van der Waals surface area contributed by atoms with Crippen LogP contribution >= 0.6 is 0 Å². The van der Waals surface area contributed by atoms with E-state index in [-0.39, 0.29) is 18.8 Å². The number of carboxylic acid groups (broad SMARTS) is 1. The van der Waals surface area contributed by atoms with E-state index in [2.05, 4.69) is 4.74 Å². The van der Waals surface area contributed by atoms with Crippen molar-refractivity contribution in [2.24, 2.45) is 0 Å². The normalized spacial score (nSPS) is 10.9. The molecule has 0 spiro atoms. The smallest absolute Gasteiger partial charge is 0.417 e. The van der Waals surface area contributed by atoms with Crippen LogP contribution < -0.4 is 11.5 Å². The van der Waals surface area contributed by atoms with E-state index in [9.17, 15) is 35.9 Å². The number of benzene rings is 2. The number of carbonyl (C=O) groups is 2. The highest BCUT2D eigenvalue weighted by Gasteiger charge is 2.36. The lowest BCUT2D eigenvalue weighted by atomic mass is 10.1. The summed E-state index contributed by atoms with van der Waals surface area (Å²) < 4.78 is 78.4. The number of hydrogen-bond acceptors (Lipinski definition) is 5. The zero-order valence-corrected chi connectivity index (χ0v) is 14.6. The Morgan fingerprint density at radius 3 is 1.53 bits per heavy atom. The molecule has 6 nitrogen and oxygen atoms in total. The van der Waals surface area contributed by atoms with Crippen LogP contribution in [0.3, 0.4) is 0 Å². The first-order valence-electron chi connectivity index (χ1n) is 7.43. The number of carboxylic acids is 1. The number of nitrogens with two attached hydrogens (primary N) is 2. The second-order valence-corrected chi connectivity index (χ2v) is 5.40. The van der Waals surface area contributed by atoms with Gasteiger partial charge in [0.05, 0.1) is 29.4 Å². The summed E-state index contributed by atoms with van der Waals surface area (Å²) in [5.41, 5.74) is 6.50. The maximum atomic E-state index is 12.5. The lowest BCUT2D eigenvalue weighted by Crippen LogP contribution is -2.14. The van der Waals surface area contributed by atoms with Crippen LogP contribution in [0.25, 0.3) is 0 Å². The van der Waals surface area contributed by atoms with Crippen LogP contribution in [0.1, 0.15) is 39.3 Å². The Morgan fingerprint density at radius 2 is 1.20 bits per heavy atom. The fraction of sp³-hybridized carbons (Fsp3) is 0.222. The number of esters is 1. The van der Waals surface area contributed by atoms with Gasteiger partial charge in [-0.1, -0.05) is 7.43 Å². The Kier molecular flexibility index (Phi) is 8.72. The Bertz CT molecular complexity index is 911. The monoisotopic (exact) mass is 440 g/mol. The van der Waals surface area contributed by atoms with E-state index >= 15 is 0 Å². The minimum absolute atomic E-state index is 0. The number of halogens is 6. The summed E-state index contributed by atoms with van der Waals surface area (Å²) in [5, 5.41) is 8.48. The van der Waals surface area contributed by atoms with E-state index < -0.39 is 46.5 Å². The van der Waals surface area contributed by atoms with Crippen molar-refractivity contribution in [3.63, 3.8) is 0 Å². The molecule has 0 aliphatic carbocycles. The molecule has 0 fully saturated rings. The molecule has 0 amide bonds. The van der Waals surface area contributed by atoms with Crippen molar-refractivity contribution in [3.8, 4) is 0 Å². The Labute approximate surface area is 167 Å². The topological polar surface area (TPSA) is 116 Å². The highest BCUT2D eigenvalue weighted by Crippen LogP contribution is 2.34. The number of carbonyl (C=O) groups excluding carboxylic acids is 1. The van der Waals surface area contributed by atoms with Crippen LogP contribution in [-0.4, -0.2) is 24.2 Å². The van der Waals surface area contributed by atoms with Crippen molar-refractivity contribution < 1.29 is 45.8 Å². The van der Waals surface area contributed by atoms with Gasteiger partial charge < -0.3 is 21.3 Å². The fourth-order valence-corrected chi connectivity index (χ4v) is 2.07. The molecular weight excluding hydrogens is 422 g/mol. The van der Waals surface area contributed by atoms with Crippen LogP contribution in [0, 0.1) is 0 Å². The van der Waals surface area contributed by atoms with Gasteiger partial charge in [-0.05, 0) is 36.4 Å². The summed E-state index contributed by atoms with van der Waals surface area (Å²) in [6.07, 6.45) is -9.33. The van der Waals surface area contributed by atoms with Gasteiger partial charge in [-0.3, -0.25) is 0 Å². The molecule has 0 unspecified atom stereocenters. The van der Waals surface area contributed by atoms with Gasteiger partial charge in [-0.25, -0.2) is 9.59 Å². The molecular formula is C18H18F6N2O4. The van der Waals surface area contributed by atoms with E-state index in [0.717, 1.165) is 25.3 Å². The molecule has 0 bridgehead atoms. The number of ether oxygens (including phenoxy) is 1. The second-order valence-electron chi connectivity index (χ2n) is 5.40. The third-order valence-corrected chi connectivity index (χ3v) is 3.33. The summed E-state index contributed by atoms with van der Waals surface area (Å²) in [5.74, 6) is -2.67. The van der Waals surface area contributed by atoms with Gasteiger partial charge >= 0.3 is 24.3 Å². The number of alkyl halides is 6. The molecule has 12 heteroatoms. The SMILES string of the molecule is C.COC(=O)c1ccc(N)cc1C(F)(F)F.Nc1ccc(C(=O)O)c(C(F)(F)F)c1. The summed E-state index contributed by atoms with van der Waals surface area (Å²) >= 11 is 0. The number of hydrogen-bond donors (Lipinski definition) is 3. The molecule has 0 radical (unpaired) electrons. The molecule has 0 aliphatic heterocycles. The maximum Gasteiger partial charge on any atom is 0.417 e. The second kappa shape index (κ2) is 9.85. The number of methoxy groups -OCH3 is 1. The molecule has 0 aromatic heterocycles. The Morgan fingerprint density at radius 1 is 0.833 bits per heavy atom. The summed E-state index contributed by atoms with van der Waals surface area (Å²) in [4.78, 5) is 21.5. The molecule has 2 rings (SSSR count). The highest BCUT2D eigenvalue weighted by molar-refractivity contribution is 5.92. The molecule has 166 valence electrons. The molecule has 0 saturated heterocycles. The highest BCUT2D eigenvalue weighted by atomic mass is 19.4. The number of nitrogen functional groups attached to an aromatic ring is 2. The van der Waals surface area contributed by atoms with Crippen LogP contribution in [0.2, 0.25) is 0 Å². The van der Waals surface area contributed by atoms with E-state index in [1.54, 1.807) is 0 Å². The standard InChI is InChI=1S/C9H8F3NO2.C8H6F3NO2.CH4/c1-15-8(14)6-3-2-5(13)4-7(6)9(10,11)12;9-8(10,11)6-3-4(12)1-2-5(6)7(13)14;/h2-4H,13H2,1H3;1-3H,12H2,(H,13,14);1H4. The first-order valence-corrected chi connectivity index (χ1v) is 7.43. The predicted octanol–water partition coefficient (Wildman–Crippen LogP) is 4.70. The minimum Gasteiger partial charge on any atom is -0.478 e. The van der Waals surface area contributed by atoms with Gasteiger partial charge in [0.2, 0.25) is 0 Å². The van der Waals surface area contributed by atoms with Crippen LogP contribution in [0.15, 0.2) is 36.4 Å². The lowest BCUT2D eigenvalue weighted by molar-refractivity contribution is -0.138. The first kappa shape index (κ1) is 26.6. The number of aromatic carboxylic acids is 1. The minimum atomic E-state index is -4.71. The van der Waals surface area contributed by atoms with E-state index in [4.69, 9.17) is 16.6 Å². The van der Waals surface area contributed by atoms with E-state index in [1.807, 2.05) is 0 Å². The van der Waals surface area contributed by atoms with Gasteiger partial charge in [0.1, 0.15) is 0 Å². The molecule has 0 atom stereocenters. The maximum absolute atomic E-state index is 12.5. The van der Waals surface area contributed by atoms with Crippen molar-refractivity contribution in [2.45, 2.75) is 19.8 Å².